The fourth-order valence-electron chi connectivity index (χ4n) is 3.48. The van der Waals surface area contributed by atoms with Crippen molar-refractivity contribution in [1.29, 1.82) is 0 Å². The second kappa shape index (κ2) is 6.15. The molecule has 1 aromatic heterocycles. The van der Waals surface area contributed by atoms with Crippen LogP contribution in [0, 0.1) is 6.92 Å². The summed E-state index contributed by atoms with van der Waals surface area (Å²) in [5.41, 5.74) is 5.07. The van der Waals surface area contributed by atoms with Crippen LogP contribution in [0.1, 0.15) is 62.3 Å². The number of fused-ring (bicyclic) bond motifs is 1. The zero-order valence-electron chi connectivity index (χ0n) is 13.4. The summed E-state index contributed by atoms with van der Waals surface area (Å²) in [5.74, 6) is 0.513. The first-order valence-electron chi connectivity index (χ1n) is 8.27. The molecule has 0 saturated heterocycles. The molecule has 0 atom stereocenters. The smallest absolute Gasteiger partial charge is 0.0742 e. The quantitative estimate of drug-likeness (QED) is 0.879. The number of benzene rings is 1. The summed E-state index contributed by atoms with van der Waals surface area (Å²) in [5, 5.41) is 5.06. The fourth-order valence-corrected chi connectivity index (χ4v) is 3.48. The van der Waals surface area contributed by atoms with E-state index in [-0.39, 0.29) is 0 Å². The highest BCUT2D eigenvalue weighted by Gasteiger charge is 2.15. The number of nitrogens with zero attached hydrogens (tertiary/aromatic N) is 1. The maximum Gasteiger partial charge on any atom is 0.0742 e. The molecule has 1 saturated carbocycles. The molecule has 0 aliphatic heterocycles. The molecule has 0 bridgehead atoms. The van der Waals surface area contributed by atoms with Crippen molar-refractivity contribution in [2.24, 2.45) is 0 Å². The minimum Gasteiger partial charge on any atom is -0.310 e. The molecule has 1 N–H and O–H groups in total. The molecule has 0 unspecified atom stereocenters. The van der Waals surface area contributed by atoms with Crippen LogP contribution in [-0.2, 0) is 6.54 Å². The van der Waals surface area contributed by atoms with Crippen molar-refractivity contribution < 1.29 is 0 Å². The van der Waals surface area contributed by atoms with Crippen molar-refractivity contribution in [3.63, 3.8) is 0 Å². The standard InChI is InChI=1S/C19H26N2/c1-13(2)17-9-6-10-18-15(11-14(3)21-19(17)18)12-20-16-7-4-5-8-16/h6,9-11,13,16,20H,4-5,7-8,12H2,1-3H3. The van der Waals surface area contributed by atoms with Gasteiger partial charge in [0.25, 0.3) is 0 Å². The Kier molecular flexibility index (Phi) is 4.25. The van der Waals surface area contributed by atoms with Crippen LogP contribution in [0.2, 0.25) is 0 Å². The van der Waals surface area contributed by atoms with Gasteiger partial charge in [-0.1, -0.05) is 44.9 Å². The zero-order chi connectivity index (χ0) is 14.8. The zero-order valence-corrected chi connectivity index (χ0v) is 13.4. The number of pyridine rings is 1. The molecule has 1 fully saturated rings. The molecular formula is C19H26N2. The van der Waals surface area contributed by atoms with Gasteiger partial charge in [-0.05, 0) is 42.9 Å². The Morgan fingerprint density at radius 2 is 2.00 bits per heavy atom. The highest BCUT2D eigenvalue weighted by atomic mass is 14.9. The van der Waals surface area contributed by atoms with Gasteiger partial charge in [0.15, 0.2) is 0 Å². The molecule has 2 heteroatoms. The number of aromatic nitrogens is 1. The molecule has 1 aromatic carbocycles. The number of aryl methyl sites for hydroxylation is 1. The van der Waals surface area contributed by atoms with Crippen molar-refractivity contribution in [2.45, 2.75) is 65.0 Å². The van der Waals surface area contributed by atoms with E-state index in [1.165, 1.54) is 47.7 Å². The molecule has 2 nitrogen and oxygen atoms in total. The molecule has 1 aliphatic carbocycles. The Hall–Kier alpha value is -1.41. The van der Waals surface area contributed by atoms with Gasteiger partial charge in [-0.25, -0.2) is 0 Å². The second-order valence-electron chi connectivity index (χ2n) is 6.68. The number of rotatable bonds is 4. The summed E-state index contributed by atoms with van der Waals surface area (Å²) in [7, 11) is 0. The average Bonchev–Trinajstić information content (AvgIpc) is 2.97. The van der Waals surface area contributed by atoms with Crippen LogP contribution in [0.15, 0.2) is 24.3 Å². The minimum absolute atomic E-state index is 0.513. The second-order valence-corrected chi connectivity index (χ2v) is 6.68. The third-order valence-electron chi connectivity index (χ3n) is 4.64. The average molecular weight is 282 g/mol. The van der Waals surface area contributed by atoms with E-state index in [1.54, 1.807) is 0 Å². The number of hydrogen-bond acceptors (Lipinski definition) is 2. The molecule has 21 heavy (non-hydrogen) atoms. The van der Waals surface area contributed by atoms with E-state index in [9.17, 15) is 0 Å². The van der Waals surface area contributed by atoms with E-state index >= 15 is 0 Å². The van der Waals surface area contributed by atoms with Crippen LogP contribution < -0.4 is 5.32 Å². The Morgan fingerprint density at radius 3 is 2.71 bits per heavy atom. The van der Waals surface area contributed by atoms with Gasteiger partial charge in [0, 0.05) is 23.7 Å². The lowest BCUT2D eigenvalue weighted by Gasteiger charge is -2.16. The van der Waals surface area contributed by atoms with Gasteiger partial charge in [0.05, 0.1) is 5.52 Å². The SMILES string of the molecule is Cc1cc(CNC2CCCC2)c2cccc(C(C)C)c2n1. The summed E-state index contributed by atoms with van der Waals surface area (Å²) in [6.07, 6.45) is 5.43. The molecule has 1 aliphatic rings. The van der Waals surface area contributed by atoms with E-state index in [1.807, 2.05) is 0 Å². The monoisotopic (exact) mass is 282 g/mol. The van der Waals surface area contributed by atoms with Crippen molar-refractivity contribution >= 4 is 10.9 Å². The van der Waals surface area contributed by atoms with Gasteiger partial charge >= 0.3 is 0 Å². The summed E-state index contributed by atoms with van der Waals surface area (Å²) in [6, 6.07) is 9.57. The summed E-state index contributed by atoms with van der Waals surface area (Å²) >= 11 is 0. The number of nitrogens with one attached hydrogen (secondary N) is 1. The van der Waals surface area contributed by atoms with Gasteiger partial charge in [-0.3, -0.25) is 4.98 Å². The van der Waals surface area contributed by atoms with Gasteiger partial charge in [-0.2, -0.15) is 0 Å². The predicted molar refractivity (Wildman–Crippen MR) is 89.7 cm³/mol. The first-order chi connectivity index (χ1) is 10.1. The van der Waals surface area contributed by atoms with E-state index in [4.69, 9.17) is 4.98 Å². The lowest BCUT2D eigenvalue weighted by atomic mass is 9.97. The highest BCUT2D eigenvalue weighted by molar-refractivity contribution is 5.85. The topological polar surface area (TPSA) is 24.9 Å². The molecule has 112 valence electrons. The van der Waals surface area contributed by atoms with Crippen LogP contribution in [0.25, 0.3) is 10.9 Å². The van der Waals surface area contributed by atoms with Crippen LogP contribution >= 0.6 is 0 Å². The van der Waals surface area contributed by atoms with Gasteiger partial charge in [-0.15, -0.1) is 0 Å². The molecule has 3 rings (SSSR count). The first-order valence-corrected chi connectivity index (χ1v) is 8.27. The predicted octanol–water partition coefficient (Wildman–Crippen LogP) is 4.70. The van der Waals surface area contributed by atoms with Crippen LogP contribution in [0.4, 0.5) is 0 Å². The van der Waals surface area contributed by atoms with Crippen molar-refractivity contribution in [1.82, 2.24) is 10.3 Å². The largest absolute Gasteiger partial charge is 0.310 e. The molecular weight excluding hydrogens is 256 g/mol. The third kappa shape index (κ3) is 3.11. The van der Waals surface area contributed by atoms with Gasteiger partial charge in [0.1, 0.15) is 0 Å². The van der Waals surface area contributed by atoms with Crippen molar-refractivity contribution in [2.75, 3.05) is 0 Å². The first kappa shape index (κ1) is 14.5. The summed E-state index contributed by atoms with van der Waals surface area (Å²) < 4.78 is 0. The van der Waals surface area contributed by atoms with Crippen LogP contribution in [0.5, 0.6) is 0 Å². The minimum atomic E-state index is 0.513. The molecule has 2 aromatic rings. The van der Waals surface area contributed by atoms with E-state index in [0.717, 1.165) is 12.2 Å². The molecule has 1 heterocycles. The maximum atomic E-state index is 4.81. The normalized spacial score (nSPS) is 16.2. The lowest BCUT2D eigenvalue weighted by molar-refractivity contribution is 0.525. The van der Waals surface area contributed by atoms with E-state index in [2.05, 4.69) is 50.4 Å². The van der Waals surface area contributed by atoms with E-state index in [0.29, 0.717) is 12.0 Å². The van der Waals surface area contributed by atoms with Crippen molar-refractivity contribution in [3.05, 3.63) is 41.1 Å². The van der Waals surface area contributed by atoms with Crippen LogP contribution in [0.3, 0.4) is 0 Å². The summed E-state index contributed by atoms with van der Waals surface area (Å²) in [6.45, 7) is 7.56. The Labute approximate surface area is 128 Å². The highest BCUT2D eigenvalue weighted by Crippen LogP contribution is 2.27. The lowest BCUT2D eigenvalue weighted by Crippen LogP contribution is -2.25. The molecule has 0 amide bonds. The summed E-state index contributed by atoms with van der Waals surface area (Å²) in [4.78, 5) is 4.81. The number of hydrogen-bond donors (Lipinski definition) is 1. The Balaban J connectivity index is 1.95. The van der Waals surface area contributed by atoms with E-state index < -0.39 is 0 Å². The van der Waals surface area contributed by atoms with Crippen LogP contribution in [-0.4, -0.2) is 11.0 Å². The fraction of sp³-hybridized carbons (Fsp3) is 0.526. The van der Waals surface area contributed by atoms with Crippen molar-refractivity contribution in [3.8, 4) is 0 Å². The Morgan fingerprint density at radius 1 is 1.24 bits per heavy atom. The molecule has 0 spiro atoms. The third-order valence-corrected chi connectivity index (χ3v) is 4.64. The Bertz CT molecular complexity index is 625. The van der Waals surface area contributed by atoms with Gasteiger partial charge < -0.3 is 5.32 Å². The maximum absolute atomic E-state index is 4.81. The molecule has 0 radical (unpaired) electrons. The van der Waals surface area contributed by atoms with Gasteiger partial charge in [0.2, 0.25) is 0 Å². The number of para-hydroxylation sites is 1.